The van der Waals surface area contributed by atoms with Gasteiger partial charge in [0.15, 0.2) is 0 Å². The van der Waals surface area contributed by atoms with Crippen molar-refractivity contribution in [3.05, 3.63) is 34.1 Å². The SMILES string of the molecule is CC(C)CC(=O)N(C)c1ccc(F)c([N+](=O)[O-])c1. The summed E-state index contributed by atoms with van der Waals surface area (Å²) < 4.78 is 13.1. The van der Waals surface area contributed by atoms with Crippen LogP contribution in [0.3, 0.4) is 0 Å². The molecule has 0 heterocycles. The van der Waals surface area contributed by atoms with E-state index in [2.05, 4.69) is 0 Å². The van der Waals surface area contributed by atoms with Gasteiger partial charge in [-0.05, 0) is 18.1 Å². The average Bonchev–Trinajstić information content (AvgIpc) is 2.27. The zero-order valence-corrected chi connectivity index (χ0v) is 10.5. The number of anilines is 1. The lowest BCUT2D eigenvalue weighted by molar-refractivity contribution is -0.387. The zero-order chi connectivity index (χ0) is 13.9. The molecule has 0 unspecified atom stereocenters. The molecule has 1 amide bonds. The molecule has 6 heteroatoms. The van der Waals surface area contributed by atoms with Gasteiger partial charge in [-0.15, -0.1) is 0 Å². The van der Waals surface area contributed by atoms with Crippen molar-refractivity contribution in [1.82, 2.24) is 0 Å². The van der Waals surface area contributed by atoms with Crippen LogP contribution in [-0.2, 0) is 4.79 Å². The molecule has 0 aliphatic heterocycles. The van der Waals surface area contributed by atoms with E-state index in [0.29, 0.717) is 12.1 Å². The molecule has 0 spiro atoms. The molecule has 0 atom stereocenters. The summed E-state index contributed by atoms with van der Waals surface area (Å²) in [5, 5.41) is 10.6. The van der Waals surface area contributed by atoms with E-state index in [1.54, 1.807) is 0 Å². The van der Waals surface area contributed by atoms with Crippen LogP contribution in [0.25, 0.3) is 0 Å². The van der Waals surface area contributed by atoms with Gasteiger partial charge >= 0.3 is 5.69 Å². The number of halogens is 1. The van der Waals surface area contributed by atoms with Crippen molar-refractivity contribution in [2.75, 3.05) is 11.9 Å². The molecule has 0 aliphatic rings. The number of benzene rings is 1. The fourth-order valence-corrected chi connectivity index (χ4v) is 1.48. The van der Waals surface area contributed by atoms with E-state index in [1.807, 2.05) is 13.8 Å². The first-order valence-corrected chi connectivity index (χ1v) is 5.53. The Hall–Kier alpha value is -1.98. The second kappa shape index (κ2) is 5.57. The van der Waals surface area contributed by atoms with Crippen LogP contribution in [0.5, 0.6) is 0 Å². The summed E-state index contributed by atoms with van der Waals surface area (Å²) in [6, 6.07) is 3.40. The van der Waals surface area contributed by atoms with E-state index < -0.39 is 16.4 Å². The van der Waals surface area contributed by atoms with Crippen LogP contribution in [0.1, 0.15) is 20.3 Å². The number of hydrogen-bond acceptors (Lipinski definition) is 3. The molecule has 0 bridgehead atoms. The Labute approximate surface area is 104 Å². The van der Waals surface area contributed by atoms with Crippen molar-refractivity contribution in [1.29, 1.82) is 0 Å². The monoisotopic (exact) mass is 254 g/mol. The molecule has 5 nitrogen and oxygen atoms in total. The van der Waals surface area contributed by atoms with Crippen LogP contribution < -0.4 is 4.90 Å². The topological polar surface area (TPSA) is 63.5 Å². The minimum absolute atomic E-state index is 0.161. The highest BCUT2D eigenvalue weighted by Gasteiger charge is 2.19. The third-order valence-electron chi connectivity index (χ3n) is 2.47. The second-order valence-electron chi connectivity index (χ2n) is 4.44. The van der Waals surface area contributed by atoms with Gasteiger partial charge in [-0.25, -0.2) is 0 Å². The molecule has 18 heavy (non-hydrogen) atoms. The molecule has 0 N–H and O–H groups in total. The Bertz CT molecular complexity index is 474. The molecule has 1 aromatic rings. The van der Waals surface area contributed by atoms with Gasteiger partial charge in [-0.3, -0.25) is 14.9 Å². The molecule has 0 radical (unpaired) electrons. The first kappa shape index (κ1) is 14.1. The maximum absolute atomic E-state index is 13.1. The Morgan fingerprint density at radius 1 is 1.50 bits per heavy atom. The van der Waals surface area contributed by atoms with Gasteiger partial charge in [0.25, 0.3) is 0 Å². The van der Waals surface area contributed by atoms with Crippen molar-refractivity contribution in [2.45, 2.75) is 20.3 Å². The molecule has 0 aromatic heterocycles. The summed E-state index contributed by atoms with van der Waals surface area (Å²) in [6.45, 7) is 3.80. The van der Waals surface area contributed by atoms with Gasteiger partial charge in [0.05, 0.1) is 10.6 Å². The normalized spacial score (nSPS) is 10.5. The molecule has 0 saturated heterocycles. The minimum Gasteiger partial charge on any atom is -0.315 e. The fraction of sp³-hybridized carbons (Fsp3) is 0.417. The van der Waals surface area contributed by atoms with Crippen molar-refractivity contribution in [2.24, 2.45) is 5.92 Å². The summed E-state index contributed by atoms with van der Waals surface area (Å²) in [5.74, 6) is -0.880. The number of hydrogen-bond donors (Lipinski definition) is 0. The maximum Gasteiger partial charge on any atom is 0.306 e. The predicted octanol–water partition coefficient (Wildman–Crippen LogP) is 2.74. The summed E-state index contributed by atoms with van der Waals surface area (Å²) in [7, 11) is 1.52. The molecule has 0 saturated carbocycles. The Kier molecular flexibility index (Phi) is 4.36. The zero-order valence-electron chi connectivity index (χ0n) is 10.5. The van der Waals surface area contributed by atoms with Gasteiger partial charge < -0.3 is 4.90 Å². The molecular weight excluding hydrogens is 239 g/mol. The lowest BCUT2D eigenvalue weighted by Gasteiger charge is -2.18. The van der Waals surface area contributed by atoms with Crippen molar-refractivity contribution < 1.29 is 14.1 Å². The van der Waals surface area contributed by atoms with Gasteiger partial charge in [0.1, 0.15) is 0 Å². The van der Waals surface area contributed by atoms with E-state index in [0.717, 1.165) is 12.1 Å². The molecular formula is C12H15FN2O3. The van der Waals surface area contributed by atoms with Gasteiger partial charge in [-0.2, -0.15) is 4.39 Å². The van der Waals surface area contributed by atoms with Crippen LogP contribution in [0.4, 0.5) is 15.8 Å². The van der Waals surface area contributed by atoms with Crippen LogP contribution in [0.2, 0.25) is 0 Å². The minimum atomic E-state index is -0.909. The Morgan fingerprint density at radius 3 is 2.61 bits per heavy atom. The number of nitrogens with zero attached hydrogens (tertiary/aromatic N) is 2. The third-order valence-corrected chi connectivity index (χ3v) is 2.47. The van der Waals surface area contributed by atoms with E-state index in [4.69, 9.17) is 0 Å². The van der Waals surface area contributed by atoms with Crippen LogP contribution in [-0.4, -0.2) is 17.9 Å². The second-order valence-corrected chi connectivity index (χ2v) is 4.44. The van der Waals surface area contributed by atoms with Gasteiger partial charge in [-0.1, -0.05) is 13.8 Å². The highest BCUT2D eigenvalue weighted by Crippen LogP contribution is 2.24. The number of rotatable bonds is 4. The summed E-state index contributed by atoms with van der Waals surface area (Å²) in [5.41, 5.74) is -0.314. The highest BCUT2D eigenvalue weighted by molar-refractivity contribution is 5.93. The number of nitro groups is 1. The Morgan fingerprint density at radius 2 is 2.11 bits per heavy atom. The summed E-state index contributed by atoms with van der Waals surface area (Å²) in [6.07, 6.45) is 0.335. The van der Waals surface area contributed by atoms with E-state index >= 15 is 0 Å². The summed E-state index contributed by atoms with van der Waals surface area (Å²) >= 11 is 0. The number of carbonyl (C=O) groups excluding carboxylic acids is 1. The first-order chi connectivity index (χ1) is 8.32. The maximum atomic E-state index is 13.1. The van der Waals surface area contributed by atoms with E-state index in [1.165, 1.54) is 18.0 Å². The molecule has 1 aromatic carbocycles. The van der Waals surface area contributed by atoms with Crippen LogP contribution in [0, 0.1) is 21.8 Å². The van der Waals surface area contributed by atoms with Gasteiger partial charge in [0.2, 0.25) is 11.7 Å². The molecule has 98 valence electrons. The predicted molar refractivity (Wildman–Crippen MR) is 65.9 cm³/mol. The van der Waals surface area contributed by atoms with E-state index in [-0.39, 0.29) is 11.8 Å². The molecule has 1 rings (SSSR count). The largest absolute Gasteiger partial charge is 0.315 e. The van der Waals surface area contributed by atoms with Crippen molar-refractivity contribution in [3.8, 4) is 0 Å². The quantitative estimate of drug-likeness (QED) is 0.613. The lowest BCUT2D eigenvalue weighted by Crippen LogP contribution is -2.27. The average molecular weight is 254 g/mol. The standard InChI is InChI=1S/C12H15FN2O3/c1-8(2)6-12(16)14(3)9-4-5-10(13)11(7-9)15(17)18/h4-5,7-8H,6H2,1-3H3. The smallest absolute Gasteiger partial charge is 0.306 e. The van der Waals surface area contributed by atoms with E-state index in [9.17, 15) is 19.3 Å². The third kappa shape index (κ3) is 3.26. The first-order valence-electron chi connectivity index (χ1n) is 5.53. The highest BCUT2D eigenvalue weighted by atomic mass is 19.1. The lowest BCUT2D eigenvalue weighted by atomic mass is 10.1. The fourth-order valence-electron chi connectivity index (χ4n) is 1.48. The van der Waals surface area contributed by atoms with Crippen LogP contribution >= 0.6 is 0 Å². The number of carbonyl (C=O) groups is 1. The Balaban J connectivity index is 3.00. The van der Waals surface area contributed by atoms with Crippen LogP contribution in [0.15, 0.2) is 18.2 Å². The summed E-state index contributed by atoms with van der Waals surface area (Å²) in [4.78, 5) is 22.9. The number of nitro benzene ring substituents is 1. The van der Waals surface area contributed by atoms with Crippen molar-refractivity contribution >= 4 is 17.3 Å². The van der Waals surface area contributed by atoms with Gasteiger partial charge in [0, 0.05) is 19.5 Å². The van der Waals surface area contributed by atoms with Crippen molar-refractivity contribution in [3.63, 3.8) is 0 Å². The number of amides is 1. The molecule has 0 aliphatic carbocycles. The molecule has 0 fully saturated rings.